The number of amides is 2. The van der Waals surface area contributed by atoms with Crippen LogP contribution in [0.25, 0.3) is 0 Å². The Hall–Kier alpha value is -2.98. The number of piperidine rings is 1. The summed E-state index contributed by atoms with van der Waals surface area (Å²) in [4.78, 5) is 14.2. The van der Waals surface area contributed by atoms with E-state index in [1.165, 1.54) is 0 Å². The Kier molecular flexibility index (Phi) is 10.4. The number of aliphatic hydroxyl groups excluding tert-OH is 1. The van der Waals surface area contributed by atoms with Crippen LogP contribution >= 0.6 is 11.6 Å². The number of ether oxygens (including phenoxy) is 2. The summed E-state index contributed by atoms with van der Waals surface area (Å²) in [5.41, 5.74) is 3.83. The average molecular weight is 608 g/mol. The number of nitrogens with zero attached hydrogens (tertiary/aromatic N) is 1. The van der Waals surface area contributed by atoms with Crippen molar-refractivity contribution >= 4 is 17.6 Å². The summed E-state index contributed by atoms with van der Waals surface area (Å²) in [5, 5.41) is 27.2. The van der Waals surface area contributed by atoms with Gasteiger partial charge < -0.3 is 35.2 Å². The van der Waals surface area contributed by atoms with E-state index in [-0.39, 0.29) is 30.8 Å². The molecular formula is C34H42ClN3O5. The molecule has 8 nitrogen and oxygen atoms in total. The Balaban J connectivity index is 1.29. The van der Waals surface area contributed by atoms with Crippen molar-refractivity contribution in [1.82, 2.24) is 15.5 Å². The second-order valence-electron chi connectivity index (χ2n) is 11.6. The largest absolute Gasteiger partial charge is 0.392 e. The molecule has 2 aliphatic rings. The van der Waals surface area contributed by atoms with Gasteiger partial charge in [0.15, 0.2) is 6.29 Å². The number of aliphatic hydroxyl groups is 2. The molecule has 4 N–H and O–H groups in total. The van der Waals surface area contributed by atoms with E-state index in [2.05, 4.69) is 22.5 Å². The summed E-state index contributed by atoms with van der Waals surface area (Å²) in [6, 6.07) is 23.2. The van der Waals surface area contributed by atoms with E-state index in [4.69, 9.17) is 21.1 Å². The van der Waals surface area contributed by atoms with Crippen LogP contribution in [0, 0.1) is 5.92 Å². The number of carbonyl (C=O) groups is 1. The minimum absolute atomic E-state index is 0.00560. The van der Waals surface area contributed by atoms with Crippen LogP contribution in [0.3, 0.4) is 0 Å². The van der Waals surface area contributed by atoms with Crippen molar-refractivity contribution in [3.63, 3.8) is 0 Å². The molecule has 3 aromatic rings. The summed E-state index contributed by atoms with van der Waals surface area (Å²) in [6.45, 7) is 7.26. The van der Waals surface area contributed by atoms with E-state index in [9.17, 15) is 15.0 Å². The van der Waals surface area contributed by atoms with Gasteiger partial charge in [0, 0.05) is 49.2 Å². The quantitative estimate of drug-likeness (QED) is 0.259. The lowest BCUT2D eigenvalue weighted by Gasteiger charge is -2.45. The fourth-order valence-electron chi connectivity index (χ4n) is 5.93. The van der Waals surface area contributed by atoms with Gasteiger partial charge in [-0.15, -0.1) is 0 Å². The average Bonchev–Trinajstić information content (AvgIpc) is 3.03. The number of likely N-dealkylation sites (tertiary alicyclic amines) is 1. The zero-order valence-electron chi connectivity index (χ0n) is 24.8. The maximum absolute atomic E-state index is 11.8. The lowest BCUT2D eigenvalue weighted by Crippen LogP contribution is -2.49. The number of nitrogens with one attached hydrogen (secondary N) is 2. The molecule has 4 atom stereocenters. The first-order valence-corrected chi connectivity index (χ1v) is 15.5. The van der Waals surface area contributed by atoms with Crippen molar-refractivity contribution in [3.8, 4) is 0 Å². The zero-order valence-corrected chi connectivity index (χ0v) is 25.6. The van der Waals surface area contributed by atoms with Crippen molar-refractivity contribution in [1.29, 1.82) is 0 Å². The van der Waals surface area contributed by atoms with Gasteiger partial charge in [-0.2, -0.15) is 0 Å². The molecule has 43 heavy (non-hydrogen) atoms. The van der Waals surface area contributed by atoms with E-state index >= 15 is 0 Å². The first kappa shape index (κ1) is 31.4. The highest BCUT2D eigenvalue weighted by Gasteiger charge is 2.41. The van der Waals surface area contributed by atoms with Crippen LogP contribution in [0.5, 0.6) is 0 Å². The van der Waals surface area contributed by atoms with E-state index in [0.717, 1.165) is 47.5 Å². The van der Waals surface area contributed by atoms with Crippen LogP contribution in [-0.2, 0) is 28.2 Å². The molecule has 2 amide bonds. The molecule has 230 valence electrons. The molecule has 0 radical (unpaired) electrons. The second-order valence-corrected chi connectivity index (χ2v) is 12.1. The van der Waals surface area contributed by atoms with Crippen LogP contribution in [0.1, 0.15) is 66.9 Å². The predicted octanol–water partition coefficient (Wildman–Crippen LogP) is 5.43. The number of carbonyl (C=O) groups excluding carboxylic acids is 1. The molecule has 9 heteroatoms. The standard InChI is InChI=1S/C34H42ClN3O5/c1-3-36-33(40)37-20-24-4-10-27(11-5-24)32-42-30(23(2)31(43-32)26-8-6-25(22-39)7-9-26)21-38-18-16-34(41,17-19-38)28-12-14-29(35)15-13-28/h4-15,23,30-32,39,41H,3,16-22H2,1-2H3,(H2,36,37,40). The number of rotatable bonds is 9. The van der Waals surface area contributed by atoms with Crippen molar-refractivity contribution in [2.45, 2.75) is 63.9 Å². The first-order valence-electron chi connectivity index (χ1n) is 15.1. The number of urea groups is 1. The Morgan fingerprint density at radius 1 is 0.930 bits per heavy atom. The molecule has 0 bridgehead atoms. The number of hydrogen-bond donors (Lipinski definition) is 4. The Morgan fingerprint density at radius 2 is 1.56 bits per heavy atom. The van der Waals surface area contributed by atoms with E-state index in [1.807, 2.05) is 79.7 Å². The molecule has 2 heterocycles. The Morgan fingerprint density at radius 3 is 2.19 bits per heavy atom. The number of benzene rings is 3. The van der Waals surface area contributed by atoms with Crippen molar-refractivity contribution in [3.05, 3.63) is 106 Å². The van der Waals surface area contributed by atoms with Crippen LogP contribution in [0.15, 0.2) is 72.8 Å². The molecule has 2 aliphatic heterocycles. The highest BCUT2D eigenvalue weighted by molar-refractivity contribution is 6.30. The van der Waals surface area contributed by atoms with Crippen LogP contribution in [0.4, 0.5) is 4.79 Å². The summed E-state index contributed by atoms with van der Waals surface area (Å²) in [6.07, 6.45) is 0.388. The third-order valence-corrected chi connectivity index (χ3v) is 8.92. The predicted molar refractivity (Wildman–Crippen MR) is 166 cm³/mol. The molecule has 3 aromatic carbocycles. The van der Waals surface area contributed by atoms with Gasteiger partial charge in [-0.25, -0.2) is 4.79 Å². The molecule has 4 unspecified atom stereocenters. The normalized spacial score (nSPS) is 23.9. The molecule has 0 spiro atoms. The summed E-state index contributed by atoms with van der Waals surface area (Å²) in [7, 11) is 0. The first-order chi connectivity index (χ1) is 20.8. The van der Waals surface area contributed by atoms with Crippen molar-refractivity contribution in [2.24, 2.45) is 5.92 Å². The minimum atomic E-state index is -0.865. The highest BCUT2D eigenvalue weighted by Crippen LogP contribution is 2.42. The fourth-order valence-corrected chi connectivity index (χ4v) is 6.06. The summed E-state index contributed by atoms with van der Waals surface area (Å²) < 4.78 is 13.2. The third kappa shape index (κ3) is 7.76. The monoisotopic (exact) mass is 607 g/mol. The highest BCUT2D eigenvalue weighted by atomic mass is 35.5. The Bertz CT molecular complexity index is 1330. The summed E-state index contributed by atoms with van der Waals surface area (Å²) in [5.74, 6) is 0.0638. The van der Waals surface area contributed by atoms with E-state index < -0.39 is 11.9 Å². The molecule has 0 aliphatic carbocycles. The van der Waals surface area contributed by atoms with Crippen LogP contribution in [-0.4, -0.2) is 53.4 Å². The maximum Gasteiger partial charge on any atom is 0.315 e. The number of hydrogen-bond acceptors (Lipinski definition) is 6. The van der Waals surface area contributed by atoms with Gasteiger partial charge in [0.25, 0.3) is 0 Å². The topological polar surface area (TPSA) is 103 Å². The van der Waals surface area contributed by atoms with Gasteiger partial charge >= 0.3 is 6.03 Å². The number of halogens is 1. The maximum atomic E-state index is 11.8. The second kappa shape index (κ2) is 14.2. The minimum Gasteiger partial charge on any atom is -0.392 e. The fraction of sp³-hybridized carbons (Fsp3) is 0.441. The Labute approximate surface area is 259 Å². The van der Waals surface area contributed by atoms with Crippen molar-refractivity contribution < 1.29 is 24.5 Å². The van der Waals surface area contributed by atoms with Gasteiger partial charge in [-0.05, 0) is 54.2 Å². The molecule has 0 aromatic heterocycles. The molecule has 2 saturated heterocycles. The molecule has 5 rings (SSSR count). The van der Waals surface area contributed by atoms with Gasteiger partial charge in [-0.1, -0.05) is 79.2 Å². The molecule has 2 fully saturated rings. The van der Waals surface area contributed by atoms with Gasteiger partial charge in [0.05, 0.1) is 24.4 Å². The lowest BCUT2D eigenvalue weighted by molar-refractivity contribution is -0.277. The smallest absolute Gasteiger partial charge is 0.315 e. The molecule has 0 saturated carbocycles. The molecular weight excluding hydrogens is 566 g/mol. The van der Waals surface area contributed by atoms with Gasteiger partial charge in [0.2, 0.25) is 0 Å². The summed E-state index contributed by atoms with van der Waals surface area (Å²) >= 11 is 6.07. The SMILES string of the molecule is CCNC(=O)NCc1ccc(C2OC(CN3CCC(O)(c4ccc(Cl)cc4)CC3)C(C)C(c3ccc(CO)cc3)O2)cc1. The zero-order chi connectivity index (χ0) is 30.4. The van der Waals surface area contributed by atoms with Crippen LogP contribution < -0.4 is 10.6 Å². The lowest BCUT2D eigenvalue weighted by atomic mass is 9.84. The van der Waals surface area contributed by atoms with Gasteiger partial charge in [-0.3, -0.25) is 0 Å². The van der Waals surface area contributed by atoms with Gasteiger partial charge in [0.1, 0.15) is 0 Å². The van der Waals surface area contributed by atoms with Crippen molar-refractivity contribution in [2.75, 3.05) is 26.2 Å². The van der Waals surface area contributed by atoms with E-state index in [1.54, 1.807) is 0 Å². The third-order valence-electron chi connectivity index (χ3n) is 8.67. The van der Waals surface area contributed by atoms with Crippen LogP contribution in [0.2, 0.25) is 5.02 Å². The van der Waals surface area contributed by atoms with E-state index in [0.29, 0.717) is 31.0 Å².